The monoisotopic (exact) mass is 191 g/mol. The molecule has 1 fully saturated rings. The highest BCUT2D eigenvalue weighted by molar-refractivity contribution is 5.61. The molecule has 76 valence electrons. The van der Waals surface area contributed by atoms with Gasteiger partial charge in [0.05, 0.1) is 5.69 Å². The minimum atomic E-state index is 0.492. The van der Waals surface area contributed by atoms with E-state index in [9.17, 15) is 0 Å². The molecule has 1 unspecified atom stereocenters. The Kier molecular flexibility index (Phi) is 2.32. The van der Waals surface area contributed by atoms with Crippen molar-refractivity contribution in [2.75, 3.05) is 11.1 Å². The average molecular weight is 191 g/mol. The summed E-state index contributed by atoms with van der Waals surface area (Å²) in [5, 5.41) is 3.38. The van der Waals surface area contributed by atoms with Crippen molar-refractivity contribution in [3.05, 3.63) is 17.8 Å². The van der Waals surface area contributed by atoms with Gasteiger partial charge in [-0.05, 0) is 44.7 Å². The Labute approximate surface area is 84.7 Å². The van der Waals surface area contributed by atoms with Crippen LogP contribution in [0.15, 0.2) is 12.1 Å². The summed E-state index contributed by atoms with van der Waals surface area (Å²) in [5.74, 6) is 1.65. The Balaban J connectivity index is 2.10. The number of rotatable bonds is 3. The van der Waals surface area contributed by atoms with Gasteiger partial charge < -0.3 is 11.1 Å². The minimum absolute atomic E-state index is 0.492. The van der Waals surface area contributed by atoms with Crippen LogP contribution in [0, 0.1) is 12.8 Å². The third-order valence-electron chi connectivity index (χ3n) is 2.76. The van der Waals surface area contributed by atoms with Crippen molar-refractivity contribution in [2.45, 2.75) is 32.7 Å². The Morgan fingerprint density at radius 3 is 2.86 bits per heavy atom. The van der Waals surface area contributed by atoms with Crippen LogP contribution in [0.25, 0.3) is 0 Å². The van der Waals surface area contributed by atoms with Crippen LogP contribution in [-0.2, 0) is 0 Å². The number of nitrogens with zero attached hydrogens (tertiary/aromatic N) is 1. The van der Waals surface area contributed by atoms with E-state index in [-0.39, 0.29) is 0 Å². The first-order valence-corrected chi connectivity index (χ1v) is 5.16. The van der Waals surface area contributed by atoms with Crippen molar-refractivity contribution in [2.24, 2.45) is 5.92 Å². The summed E-state index contributed by atoms with van der Waals surface area (Å²) in [6, 6.07) is 4.33. The number of nitrogens with two attached hydrogens (primary N) is 1. The molecule has 1 aliphatic carbocycles. The molecule has 3 heteroatoms. The summed E-state index contributed by atoms with van der Waals surface area (Å²) in [5.41, 5.74) is 7.58. The first-order valence-electron chi connectivity index (χ1n) is 5.16. The van der Waals surface area contributed by atoms with E-state index < -0.39 is 0 Å². The molecule has 0 amide bonds. The van der Waals surface area contributed by atoms with Gasteiger partial charge in [0.25, 0.3) is 0 Å². The lowest BCUT2D eigenvalue weighted by molar-refractivity contribution is 0.691. The molecule has 0 spiro atoms. The van der Waals surface area contributed by atoms with E-state index >= 15 is 0 Å². The molecule has 2 rings (SSSR count). The van der Waals surface area contributed by atoms with Gasteiger partial charge in [-0.1, -0.05) is 0 Å². The van der Waals surface area contributed by atoms with Crippen molar-refractivity contribution >= 4 is 11.5 Å². The van der Waals surface area contributed by atoms with Gasteiger partial charge >= 0.3 is 0 Å². The van der Waals surface area contributed by atoms with Crippen LogP contribution < -0.4 is 11.1 Å². The van der Waals surface area contributed by atoms with E-state index in [0.29, 0.717) is 6.04 Å². The van der Waals surface area contributed by atoms with Crippen molar-refractivity contribution in [3.8, 4) is 0 Å². The topological polar surface area (TPSA) is 50.9 Å². The second-order valence-electron chi connectivity index (χ2n) is 4.16. The van der Waals surface area contributed by atoms with Crippen LogP contribution in [0.3, 0.4) is 0 Å². The maximum Gasteiger partial charge on any atom is 0.149 e. The molecule has 1 saturated carbocycles. The number of hydrogen-bond acceptors (Lipinski definition) is 3. The Hall–Kier alpha value is -1.25. The van der Waals surface area contributed by atoms with Crippen LogP contribution in [0.4, 0.5) is 11.5 Å². The molecule has 1 heterocycles. The smallest absolute Gasteiger partial charge is 0.149 e. The minimum Gasteiger partial charge on any atom is -0.396 e. The fraction of sp³-hybridized carbons (Fsp3) is 0.545. The van der Waals surface area contributed by atoms with Crippen molar-refractivity contribution < 1.29 is 0 Å². The van der Waals surface area contributed by atoms with Crippen molar-refractivity contribution in [1.82, 2.24) is 4.98 Å². The van der Waals surface area contributed by atoms with Gasteiger partial charge in [0.1, 0.15) is 5.82 Å². The Morgan fingerprint density at radius 1 is 1.50 bits per heavy atom. The summed E-state index contributed by atoms with van der Waals surface area (Å²) in [6.45, 7) is 4.17. The molecule has 1 aromatic heterocycles. The number of aryl methyl sites for hydroxylation is 1. The molecule has 0 aromatic carbocycles. The van der Waals surface area contributed by atoms with Crippen LogP contribution >= 0.6 is 0 Å². The molecule has 0 bridgehead atoms. The van der Waals surface area contributed by atoms with E-state index in [0.717, 1.165) is 23.1 Å². The van der Waals surface area contributed by atoms with Gasteiger partial charge in [0.15, 0.2) is 0 Å². The second-order valence-corrected chi connectivity index (χ2v) is 4.16. The maximum atomic E-state index is 5.83. The average Bonchev–Trinajstić information content (AvgIpc) is 2.94. The summed E-state index contributed by atoms with van der Waals surface area (Å²) in [4.78, 5) is 4.39. The normalized spacial score (nSPS) is 17.9. The molecule has 3 N–H and O–H groups in total. The number of nitrogen functional groups attached to an aromatic ring is 1. The fourth-order valence-corrected chi connectivity index (χ4v) is 1.61. The predicted molar refractivity (Wildman–Crippen MR) is 59.2 cm³/mol. The van der Waals surface area contributed by atoms with E-state index in [1.54, 1.807) is 0 Å². The number of hydrogen-bond donors (Lipinski definition) is 2. The quantitative estimate of drug-likeness (QED) is 0.770. The SMILES string of the molecule is Cc1ccc(N)c(NC(C)C2CC2)n1. The van der Waals surface area contributed by atoms with Gasteiger partial charge in [-0.2, -0.15) is 0 Å². The fourth-order valence-electron chi connectivity index (χ4n) is 1.61. The zero-order valence-electron chi connectivity index (χ0n) is 8.75. The standard InChI is InChI=1S/C11H17N3/c1-7-3-6-10(12)11(13-7)14-8(2)9-4-5-9/h3,6,8-9H,4-5,12H2,1-2H3,(H,13,14). The molecule has 0 radical (unpaired) electrons. The van der Waals surface area contributed by atoms with Crippen LogP contribution in [0.5, 0.6) is 0 Å². The highest BCUT2D eigenvalue weighted by Crippen LogP contribution is 2.34. The molecule has 1 atom stereocenters. The molecular formula is C11H17N3. The molecular weight excluding hydrogens is 174 g/mol. The van der Waals surface area contributed by atoms with E-state index in [1.165, 1.54) is 12.8 Å². The molecule has 1 aliphatic rings. The van der Waals surface area contributed by atoms with Gasteiger partial charge in [0.2, 0.25) is 0 Å². The maximum absolute atomic E-state index is 5.83. The molecule has 3 nitrogen and oxygen atoms in total. The van der Waals surface area contributed by atoms with Gasteiger partial charge in [-0.3, -0.25) is 0 Å². The van der Waals surface area contributed by atoms with Crippen LogP contribution in [0.1, 0.15) is 25.5 Å². The number of aromatic nitrogens is 1. The summed E-state index contributed by atoms with van der Waals surface area (Å²) in [7, 11) is 0. The highest BCUT2D eigenvalue weighted by Gasteiger charge is 2.28. The van der Waals surface area contributed by atoms with E-state index in [1.807, 2.05) is 19.1 Å². The zero-order valence-corrected chi connectivity index (χ0v) is 8.75. The number of anilines is 2. The third kappa shape index (κ3) is 1.97. The van der Waals surface area contributed by atoms with E-state index in [4.69, 9.17) is 5.73 Å². The number of nitrogens with one attached hydrogen (secondary N) is 1. The lowest BCUT2D eigenvalue weighted by Gasteiger charge is -2.15. The Bertz CT molecular complexity index is 331. The molecule has 14 heavy (non-hydrogen) atoms. The predicted octanol–water partition coefficient (Wildman–Crippen LogP) is 2.18. The molecule has 1 aromatic rings. The second kappa shape index (κ2) is 3.48. The van der Waals surface area contributed by atoms with Crippen LogP contribution in [0.2, 0.25) is 0 Å². The van der Waals surface area contributed by atoms with Gasteiger partial charge in [-0.15, -0.1) is 0 Å². The highest BCUT2D eigenvalue weighted by atomic mass is 15.0. The van der Waals surface area contributed by atoms with Gasteiger partial charge in [-0.25, -0.2) is 4.98 Å². The molecule has 0 aliphatic heterocycles. The lowest BCUT2D eigenvalue weighted by atomic mass is 10.2. The summed E-state index contributed by atoms with van der Waals surface area (Å²) in [6.07, 6.45) is 2.67. The summed E-state index contributed by atoms with van der Waals surface area (Å²) >= 11 is 0. The Morgan fingerprint density at radius 2 is 2.21 bits per heavy atom. The first kappa shape index (κ1) is 9.31. The first-order chi connectivity index (χ1) is 6.66. The number of pyridine rings is 1. The summed E-state index contributed by atoms with van der Waals surface area (Å²) < 4.78 is 0. The zero-order chi connectivity index (χ0) is 10.1. The third-order valence-corrected chi connectivity index (χ3v) is 2.76. The van der Waals surface area contributed by atoms with Gasteiger partial charge in [0, 0.05) is 11.7 Å². The van der Waals surface area contributed by atoms with Crippen molar-refractivity contribution in [3.63, 3.8) is 0 Å². The van der Waals surface area contributed by atoms with E-state index in [2.05, 4.69) is 17.2 Å². The lowest BCUT2D eigenvalue weighted by Crippen LogP contribution is -2.19. The largest absolute Gasteiger partial charge is 0.396 e. The molecule has 0 saturated heterocycles. The van der Waals surface area contributed by atoms with Crippen molar-refractivity contribution in [1.29, 1.82) is 0 Å². The van der Waals surface area contributed by atoms with Crippen LogP contribution in [-0.4, -0.2) is 11.0 Å².